The number of hydrogen-bond acceptors (Lipinski definition) is 7. The maximum Gasteiger partial charge on any atom is 0.338 e. The van der Waals surface area contributed by atoms with Gasteiger partial charge in [0.25, 0.3) is 0 Å². The first-order chi connectivity index (χ1) is 13.6. The molecule has 1 atom stereocenters. The summed E-state index contributed by atoms with van der Waals surface area (Å²) < 4.78 is 5.34. The zero-order chi connectivity index (χ0) is 19.7. The second kappa shape index (κ2) is 8.13. The number of nitrogens with zero attached hydrogens (tertiary/aromatic N) is 3. The third kappa shape index (κ3) is 3.51. The van der Waals surface area contributed by atoms with Gasteiger partial charge >= 0.3 is 5.97 Å². The number of amidine groups is 1. The van der Waals surface area contributed by atoms with Crippen LogP contribution in [0, 0.1) is 0 Å². The molecule has 148 valence electrons. The summed E-state index contributed by atoms with van der Waals surface area (Å²) in [6.45, 7) is 5.64. The summed E-state index contributed by atoms with van der Waals surface area (Å²) >= 11 is 3.11. The van der Waals surface area contributed by atoms with Gasteiger partial charge < -0.3 is 14.5 Å². The fraction of sp³-hybridized carbons (Fsp3) is 0.450. The average molecular weight is 418 g/mol. The standard InChI is InChI=1S/C20H23N3O3S2/c1-3-26-19(25)17-13(2)21-20-23(18(17)15-7-6-10-27-15)14(12-28-20)11-16(24)22-8-4-5-9-22/h6-7,10,12,18H,3-5,8-9,11H2,1-2H3. The summed E-state index contributed by atoms with van der Waals surface area (Å²) in [5, 5.41) is 4.81. The number of carbonyl (C=O) groups excluding carboxylic acids is 2. The van der Waals surface area contributed by atoms with Gasteiger partial charge in [-0.3, -0.25) is 4.79 Å². The predicted molar refractivity (Wildman–Crippen MR) is 112 cm³/mol. The number of likely N-dealkylation sites (tertiary alicyclic amines) is 1. The van der Waals surface area contributed by atoms with E-state index < -0.39 is 0 Å². The van der Waals surface area contributed by atoms with Gasteiger partial charge in [0, 0.05) is 23.7 Å². The topological polar surface area (TPSA) is 62.2 Å². The lowest BCUT2D eigenvalue weighted by Crippen LogP contribution is -2.38. The molecule has 1 saturated heterocycles. The third-order valence-electron chi connectivity index (χ3n) is 5.10. The molecular formula is C20H23N3O3S2. The van der Waals surface area contributed by atoms with Crippen molar-refractivity contribution < 1.29 is 14.3 Å². The predicted octanol–water partition coefficient (Wildman–Crippen LogP) is 3.90. The molecule has 4 heterocycles. The van der Waals surface area contributed by atoms with Crippen molar-refractivity contribution in [1.82, 2.24) is 9.80 Å². The summed E-state index contributed by atoms with van der Waals surface area (Å²) in [6.07, 6.45) is 2.47. The minimum absolute atomic E-state index is 0.138. The molecule has 8 heteroatoms. The molecule has 1 unspecified atom stereocenters. The Hall–Kier alpha value is -2.06. The largest absolute Gasteiger partial charge is 0.463 e. The third-order valence-corrected chi connectivity index (χ3v) is 6.91. The smallest absolute Gasteiger partial charge is 0.338 e. The van der Waals surface area contributed by atoms with Crippen LogP contribution in [-0.4, -0.2) is 46.5 Å². The van der Waals surface area contributed by atoms with E-state index in [0.29, 0.717) is 24.3 Å². The van der Waals surface area contributed by atoms with E-state index in [-0.39, 0.29) is 17.9 Å². The van der Waals surface area contributed by atoms with Crippen molar-refractivity contribution in [3.8, 4) is 0 Å². The lowest BCUT2D eigenvalue weighted by molar-refractivity contribution is -0.139. The quantitative estimate of drug-likeness (QED) is 0.680. The lowest BCUT2D eigenvalue weighted by Gasteiger charge is -2.35. The molecule has 3 aliphatic rings. The molecule has 0 spiro atoms. The van der Waals surface area contributed by atoms with Crippen molar-refractivity contribution in [1.29, 1.82) is 0 Å². The molecule has 0 radical (unpaired) electrons. The van der Waals surface area contributed by atoms with Crippen LogP contribution in [0.3, 0.4) is 0 Å². The van der Waals surface area contributed by atoms with E-state index in [2.05, 4.69) is 4.99 Å². The van der Waals surface area contributed by atoms with Crippen LogP contribution < -0.4 is 0 Å². The number of hydrogen-bond donors (Lipinski definition) is 0. The Labute approximate surface area is 172 Å². The monoisotopic (exact) mass is 417 g/mol. The van der Waals surface area contributed by atoms with E-state index in [9.17, 15) is 9.59 Å². The van der Waals surface area contributed by atoms with Crippen LogP contribution in [0.15, 0.2) is 44.9 Å². The number of rotatable bonds is 5. The molecule has 0 N–H and O–H groups in total. The number of amides is 1. The van der Waals surface area contributed by atoms with E-state index >= 15 is 0 Å². The van der Waals surface area contributed by atoms with Crippen LogP contribution in [0.2, 0.25) is 0 Å². The zero-order valence-electron chi connectivity index (χ0n) is 16.0. The van der Waals surface area contributed by atoms with E-state index in [1.54, 1.807) is 18.3 Å². The van der Waals surface area contributed by atoms with Gasteiger partial charge in [-0.15, -0.1) is 11.3 Å². The van der Waals surface area contributed by atoms with Gasteiger partial charge in [-0.2, -0.15) is 0 Å². The molecule has 1 fully saturated rings. The number of thiophene rings is 1. The molecule has 3 aliphatic heterocycles. The second-order valence-electron chi connectivity index (χ2n) is 6.89. The fourth-order valence-corrected chi connectivity index (χ4v) is 5.58. The van der Waals surface area contributed by atoms with E-state index in [1.165, 1.54) is 11.8 Å². The Morgan fingerprint density at radius 1 is 1.32 bits per heavy atom. The number of thioether (sulfide) groups is 1. The number of ether oxygens (including phenoxy) is 1. The number of esters is 1. The Balaban J connectivity index is 1.67. The first-order valence-corrected chi connectivity index (χ1v) is 11.3. The van der Waals surface area contributed by atoms with Crippen LogP contribution in [0.25, 0.3) is 0 Å². The normalized spacial score (nSPS) is 21.6. The van der Waals surface area contributed by atoms with Crippen molar-refractivity contribution >= 4 is 40.1 Å². The summed E-state index contributed by atoms with van der Waals surface area (Å²) in [4.78, 5) is 35.2. The number of carbonyl (C=O) groups is 2. The number of allylic oxidation sites excluding steroid dienone is 1. The molecule has 1 aromatic rings. The van der Waals surface area contributed by atoms with E-state index in [1.807, 2.05) is 39.6 Å². The van der Waals surface area contributed by atoms with E-state index in [4.69, 9.17) is 4.74 Å². The molecule has 0 aliphatic carbocycles. The first kappa shape index (κ1) is 19.3. The van der Waals surface area contributed by atoms with Gasteiger partial charge in [0.1, 0.15) is 6.04 Å². The maximum atomic E-state index is 12.8. The SMILES string of the molecule is CCOC(=O)C1=C(C)N=C2SC=C(CC(=O)N3CCCC3)N2C1c1cccs1. The minimum Gasteiger partial charge on any atom is -0.463 e. The highest BCUT2D eigenvalue weighted by atomic mass is 32.2. The number of fused-ring (bicyclic) bond motifs is 1. The molecule has 0 aromatic carbocycles. The van der Waals surface area contributed by atoms with Gasteiger partial charge in [0.05, 0.1) is 24.3 Å². The second-order valence-corrected chi connectivity index (χ2v) is 8.71. The fourth-order valence-electron chi connectivity index (χ4n) is 3.79. The van der Waals surface area contributed by atoms with Gasteiger partial charge in [-0.05, 0) is 43.5 Å². The average Bonchev–Trinajstić information content (AvgIpc) is 3.43. The highest BCUT2D eigenvalue weighted by Crippen LogP contribution is 2.46. The number of aliphatic imine (C=N–C) groups is 1. The first-order valence-electron chi connectivity index (χ1n) is 9.52. The van der Waals surface area contributed by atoms with Crippen molar-refractivity contribution in [2.45, 2.75) is 39.2 Å². The molecule has 0 saturated carbocycles. The molecule has 1 aromatic heterocycles. The molecule has 6 nitrogen and oxygen atoms in total. The van der Waals surface area contributed by atoms with Crippen molar-refractivity contribution in [3.05, 3.63) is 44.8 Å². The van der Waals surface area contributed by atoms with Crippen molar-refractivity contribution in [2.75, 3.05) is 19.7 Å². The van der Waals surface area contributed by atoms with Crippen LogP contribution in [0.1, 0.15) is 44.0 Å². The van der Waals surface area contributed by atoms with Crippen molar-refractivity contribution in [2.24, 2.45) is 4.99 Å². The molecular weight excluding hydrogens is 394 g/mol. The van der Waals surface area contributed by atoms with Crippen LogP contribution in [0.5, 0.6) is 0 Å². The highest BCUT2D eigenvalue weighted by Gasteiger charge is 2.41. The zero-order valence-corrected chi connectivity index (χ0v) is 17.6. The Kier molecular flexibility index (Phi) is 5.59. The lowest BCUT2D eigenvalue weighted by atomic mass is 9.99. The summed E-state index contributed by atoms with van der Waals surface area (Å²) in [5.74, 6) is -0.206. The van der Waals surface area contributed by atoms with E-state index in [0.717, 1.165) is 41.7 Å². The van der Waals surface area contributed by atoms with Crippen LogP contribution in [0.4, 0.5) is 0 Å². The molecule has 28 heavy (non-hydrogen) atoms. The Bertz CT molecular complexity index is 867. The Morgan fingerprint density at radius 2 is 2.11 bits per heavy atom. The van der Waals surface area contributed by atoms with Crippen LogP contribution >= 0.6 is 23.1 Å². The highest BCUT2D eigenvalue weighted by molar-refractivity contribution is 8.16. The van der Waals surface area contributed by atoms with Crippen molar-refractivity contribution in [3.63, 3.8) is 0 Å². The van der Waals surface area contributed by atoms with Crippen LogP contribution in [-0.2, 0) is 14.3 Å². The van der Waals surface area contributed by atoms with Gasteiger partial charge in [-0.25, -0.2) is 9.79 Å². The van der Waals surface area contributed by atoms with Gasteiger partial charge in [-0.1, -0.05) is 17.8 Å². The Morgan fingerprint density at radius 3 is 2.79 bits per heavy atom. The maximum absolute atomic E-state index is 12.8. The summed E-state index contributed by atoms with van der Waals surface area (Å²) in [6, 6.07) is 3.69. The van der Waals surface area contributed by atoms with Gasteiger partial charge in [0.15, 0.2) is 5.17 Å². The minimum atomic E-state index is -0.344. The van der Waals surface area contributed by atoms with Gasteiger partial charge in [0.2, 0.25) is 5.91 Å². The summed E-state index contributed by atoms with van der Waals surface area (Å²) in [5.41, 5.74) is 2.12. The summed E-state index contributed by atoms with van der Waals surface area (Å²) in [7, 11) is 0. The molecule has 4 rings (SSSR count). The molecule has 1 amide bonds. The molecule has 0 bridgehead atoms.